The fourth-order valence-corrected chi connectivity index (χ4v) is 3.46. The third kappa shape index (κ3) is 1.40. The van der Waals surface area contributed by atoms with Crippen LogP contribution in [0.3, 0.4) is 0 Å². The van der Waals surface area contributed by atoms with Crippen molar-refractivity contribution in [2.24, 2.45) is 0 Å². The molecule has 0 fully saturated rings. The molecule has 0 saturated carbocycles. The summed E-state index contributed by atoms with van der Waals surface area (Å²) in [4.78, 5) is 10.9. The van der Waals surface area contributed by atoms with E-state index in [2.05, 4.69) is 34.7 Å². The molecule has 0 N–H and O–H groups in total. The van der Waals surface area contributed by atoms with Crippen LogP contribution in [0.15, 0.2) is 17.5 Å². The van der Waals surface area contributed by atoms with E-state index < -0.39 is 0 Å². The Hall–Kier alpha value is -0.420. The lowest BCUT2D eigenvalue weighted by atomic mass is 10.1. The van der Waals surface area contributed by atoms with Gasteiger partial charge in [-0.15, -0.1) is 11.3 Å². The number of aldehydes is 1. The topological polar surface area (TPSA) is 17.1 Å². The number of rotatable bonds is 1. The molecule has 0 aliphatic carbocycles. The molecule has 0 spiro atoms. The molecule has 0 aliphatic heterocycles. The zero-order chi connectivity index (χ0) is 9.42. The van der Waals surface area contributed by atoms with Crippen LogP contribution in [0, 0.1) is 10.5 Å². The lowest BCUT2D eigenvalue weighted by Crippen LogP contribution is -1.88. The van der Waals surface area contributed by atoms with E-state index in [-0.39, 0.29) is 0 Å². The number of halogens is 1. The molecule has 1 aromatic carbocycles. The van der Waals surface area contributed by atoms with E-state index in [0.29, 0.717) is 0 Å². The molecule has 2 aromatic rings. The van der Waals surface area contributed by atoms with Gasteiger partial charge < -0.3 is 0 Å². The van der Waals surface area contributed by atoms with Crippen LogP contribution < -0.4 is 0 Å². The lowest BCUT2D eigenvalue weighted by Gasteiger charge is -2.01. The van der Waals surface area contributed by atoms with Gasteiger partial charge in [0.15, 0.2) is 6.29 Å². The SMILES string of the molecule is Cc1cc(I)c2ccsc2c1C=O. The Balaban J connectivity index is 2.96. The Bertz CT molecular complexity index is 473. The van der Waals surface area contributed by atoms with Crippen molar-refractivity contribution in [3.63, 3.8) is 0 Å². The van der Waals surface area contributed by atoms with Crippen molar-refractivity contribution in [3.05, 3.63) is 32.2 Å². The standard InChI is InChI=1S/C10H7IOS/c1-6-4-9(11)7-2-3-13-10(7)8(6)5-12/h2-5H,1H3. The second kappa shape index (κ2) is 3.38. The summed E-state index contributed by atoms with van der Waals surface area (Å²) in [6, 6.07) is 4.12. The molecule has 1 aromatic heterocycles. The molecule has 3 heteroatoms. The number of thiophene rings is 1. The quantitative estimate of drug-likeness (QED) is 0.581. The summed E-state index contributed by atoms with van der Waals surface area (Å²) in [6.45, 7) is 1.98. The summed E-state index contributed by atoms with van der Waals surface area (Å²) >= 11 is 3.93. The van der Waals surface area contributed by atoms with Crippen LogP contribution in [0.5, 0.6) is 0 Å². The van der Waals surface area contributed by atoms with Gasteiger partial charge in [0, 0.05) is 19.2 Å². The summed E-state index contributed by atoms with van der Waals surface area (Å²) in [5.41, 5.74) is 1.90. The predicted octanol–water partition coefficient (Wildman–Crippen LogP) is 3.63. The molecular weight excluding hydrogens is 295 g/mol. The smallest absolute Gasteiger partial charge is 0.151 e. The normalized spacial score (nSPS) is 10.6. The van der Waals surface area contributed by atoms with Crippen LogP contribution in [-0.4, -0.2) is 6.29 Å². The molecule has 0 saturated heterocycles. The summed E-state index contributed by atoms with van der Waals surface area (Å²) < 4.78 is 2.33. The van der Waals surface area contributed by atoms with Crippen molar-refractivity contribution in [1.29, 1.82) is 0 Å². The molecule has 0 amide bonds. The lowest BCUT2D eigenvalue weighted by molar-refractivity contribution is 0.112. The largest absolute Gasteiger partial charge is 0.298 e. The van der Waals surface area contributed by atoms with Crippen LogP contribution in [-0.2, 0) is 0 Å². The van der Waals surface area contributed by atoms with E-state index in [0.717, 1.165) is 22.1 Å². The highest BCUT2D eigenvalue weighted by molar-refractivity contribution is 14.1. The Morgan fingerprint density at radius 1 is 1.54 bits per heavy atom. The number of hydrogen-bond acceptors (Lipinski definition) is 2. The van der Waals surface area contributed by atoms with Crippen molar-refractivity contribution in [1.82, 2.24) is 0 Å². The van der Waals surface area contributed by atoms with Crippen LogP contribution in [0.2, 0.25) is 0 Å². The van der Waals surface area contributed by atoms with Crippen molar-refractivity contribution in [2.45, 2.75) is 6.92 Å². The van der Waals surface area contributed by atoms with Crippen LogP contribution in [0.25, 0.3) is 10.1 Å². The van der Waals surface area contributed by atoms with Gasteiger partial charge in [-0.1, -0.05) is 0 Å². The predicted molar refractivity (Wildman–Crippen MR) is 64.7 cm³/mol. The van der Waals surface area contributed by atoms with E-state index >= 15 is 0 Å². The van der Waals surface area contributed by atoms with Gasteiger partial charge in [-0.05, 0) is 52.6 Å². The first-order valence-corrected chi connectivity index (χ1v) is 5.81. The zero-order valence-corrected chi connectivity index (χ0v) is 9.98. The number of aryl methyl sites for hydroxylation is 1. The van der Waals surface area contributed by atoms with E-state index in [1.807, 2.05) is 12.3 Å². The van der Waals surface area contributed by atoms with E-state index in [9.17, 15) is 4.79 Å². The minimum atomic E-state index is 0.838. The average molecular weight is 302 g/mol. The molecule has 0 radical (unpaired) electrons. The minimum absolute atomic E-state index is 0.838. The fourth-order valence-electron chi connectivity index (χ4n) is 1.38. The van der Waals surface area contributed by atoms with Crippen LogP contribution >= 0.6 is 33.9 Å². The van der Waals surface area contributed by atoms with E-state index in [1.165, 1.54) is 8.96 Å². The molecule has 0 atom stereocenters. The van der Waals surface area contributed by atoms with E-state index in [1.54, 1.807) is 11.3 Å². The third-order valence-electron chi connectivity index (χ3n) is 2.05. The van der Waals surface area contributed by atoms with Gasteiger partial charge in [-0.25, -0.2) is 0 Å². The average Bonchev–Trinajstić information content (AvgIpc) is 2.53. The first kappa shape index (κ1) is 9.15. The molecule has 0 unspecified atom stereocenters. The van der Waals surface area contributed by atoms with Gasteiger partial charge in [0.2, 0.25) is 0 Å². The second-order valence-electron chi connectivity index (χ2n) is 2.87. The maximum Gasteiger partial charge on any atom is 0.151 e. The molecule has 2 rings (SSSR count). The maximum absolute atomic E-state index is 10.9. The van der Waals surface area contributed by atoms with Crippen LogP contribution in [0.4, 0.5) is 0 Å². The maximum atomic E-state index is 10.9. The van der Waals surface area contributed by atoms with Gasteiger partial charge in [-0.3, -0.25) is 4.79 Å². The van der Waals surface area contributed by atoms with Crippen LogP contribution in [0.1, 0.15) is 15.9 Å². The number of hydrogen-bond donors (Lipinski definition) is 0. The molecule has 13 heavy (non-hydrogen) atoms. The Morgan fingerprint density at radius 3 is 3.00 bits per heavy atom. The van der Waals surface area contributed by atoms with Gasteiger partial charge >= 0.3 is 0 Å². The van der Waals surface area contributed by atoms with Gasteiger partial charge in [0.1, 0.15) is 0 Å². The molecule has 1 nitrogen and oxygen atoms in total. The first-order chi connectivity index (χ1) is 6.24. The molecule has 0 bridgehead atoms. The van der Waals surface area contributed by atoms with Crippen molar-refractivity contribution >= 4 is 50.3 Å². The monoisotopic (exact) mass is 302 g/mol. The summed E-state index contributed by atoms with van der Waals surface area (Å²) in [5.74, 6) is 0. The Morgan fingerprint density at radius 2 is 2.31 bits per heavy atom. The van der Waals surface area contributed by atoms with Gasteiger partial charge in [-0.2, -0.15) is 0 Å². The molecule has 66 valence electrons. The Labute approximate surface area is 93.9 Å². The van der Waals surface area contributed by atoms with Gasteiger partial charge in [0.05, 0.1) is 0 Å². The van der Waals surface area contributed by atoms with Crippen molar-refractivity contribution < 1.29 is 4.79 Å². The number of fused-ring (bicyclic) bond motifs is 1. The summed E-state index contributed by atoms with van der Waals surface area (Å²) in [5, 5.41) is 3.22. The Kier molecular flexibility index (Phi) is 2.38. The fraction of sp³-hybridized carbons (Fsp3) is 0.100. The van der Waals surface area contributed by atoms with Gasteiger partial charge in [0.25, 0.3) is 0 Å². The van der Waals surface area contributed by atoms with E-state index in [4.69, 9.17) is 0 Å². The highest BCUT2D eigenvalue weighted by atomic mass is 127. The zero-order valence-electron chi connectivity index (χ0n) is 7.00. The summed E-state index contributed by atoms with van der Waals surface area (Å²) in [6.07, 6.45) is 0.949. The molecule has 1 heterocycles. The number of carbonyl (C=O) groups is 1. The van der Waals surface area contributed by atoms with Crippen molar-refractivity contribution in [3.8, 4) is 0 Å². The summed E-state index contributed by atoms with van der Waals surface area (Å²) in [7, 11) is 0. The second-order valence-corrected chi connectivity index (χ2v) is 4.95. The number of carbonyl (C=O) groups excluding carboxylic acids is 1. The highest BCUT2D eigenvalue weighted by Gasteiger charge is 2.08. The first-order valence-electron chi connectivity index (χ1n) is 3.85. The third-order valence-corrected chi connectivity index (χ3v) is 3.89. The van der Waals surface area contributed by atoms with Crippen molar-refractivity contribution in [2.75, 3.05) is 0 Å². The minimum Gasteiger partial charge on any atom is -0.298 e. The highest BCUT2D eigenvalue weighted by Crippen LogP contribution is 2.30. The molecular formula is C10H7IOS. The number of benzene rings is 1. The molecule has 0 aliphatic rings.